The Morgan fingerprint density at radius 1 is 1.12 bits per heavy atom. The Hall–Kier alpha value is -1.95. The molecule has 0 unspecified atom stereocenters. The second kappa shape index (κ2) is 6.89. The Balaban J connectivity index is 1.85. The smallest absolute Gasteiger partial charge is 0.267 e. The monoisotopic (exact) mass is 380 g/mol. The Kier molecular flexibility index (Phi) is 4.85. The summed E-state index contributed by atoms with van der Waals surface area (Å²) in [5.41, 5.74) is 1.92. The van der Waals surface area contributed by atoms with Gasteiger partial charge in [-0.3, -0.25) is 4.79 Å². The van der Waals surface area contributed by atoms with E-state index in [0.717, 1.165) is 5.56 Å². The number of nitrogens with zero attached hydrogens (tertiary/aromatic N) is 1. The summed E-state index contributed by atoms with van der Waals surface area (Å²) in [7, 11) is 0. The van der Waals surface area contributed by atoms with E-state index in [1.807, 2.05) is 0 Å². The summed E-state index contributed by atoms with van der Waals surface area (Å²) in [6, 6.07) is 10.9. The lowest BCUT2D eigenvalue weighted by Crippen LogP contribution is -2.11. The summed E-state index contributed by atoms with van der Waals surface area (Å²) in [6.45, 7) is 1.76. The van der Waals surface area contributed by atoms with E-state index in [1.165, 1.54) is 23.5 Å². The number of halogens is 3. The van der Waals surface area contributed by atoms with Crippen molar-refractivity contribution in [2.24, 2.45) is 0 Å². The highest BCUT2D eigenvalue weighted by atomic mass is 35.5. The topological polar surface area (TPSA) is 42.0 Å². The van der Waals surface area contributed by atoms with Crippen LogP contribution in [0.15, 0.2) is 42.5 Å². The summed E-state index contributed by atoms with van der Waals surface area (Å²) in [5, 5.41) is 4.21. The highest BCUT2D eigenvalue weighted by molar-refractivity contribution is 7.17. The SMILES string of the molecule is Cc1nc(-c2ccc(F)cc2)sc1C(=O)Nc1ccc(Cl)c(Cl)c1. The van der Waals surface area contributed by atoms with E-state index in [0.29, 0.717) is 31.3 Å². The summed E-state index contributed by atoms with van der Waals surface area (Å²) >= 11 is 13.1. The lowest BCUT2D eigenvalue weighted by Gasteiger charge is -2.05. The van der Waals surface area contributed by atoms with Gasteiger partial charge in [-0.25, -0.2) is 9.37 Å². The van der Waals surface area contributed by atoms with Crippen LogP contribution in [0.3, 0.4) is 0 Å². The van der Waals surface area contributed by atoms with Gasteiger partial charge >= 0.3 is 0 Å². The molecule has 0 aliphatic carbocycles. The van der Waals surface area contributed by atoms with Crippen molar-refractivity contribution in [1.29, 1.82) is 0 Å². The van der Waals surface area contributed by atoms with Gasteiger partial charge in [0.2, 0.25) is 0 Å². The maximum Gasteiger partial charge on any atom is 0.267 e. The summed E-state index contributed by atoms with van der Waals surface area (Å²) in [6.07, 6.45) is 0. The third-order valence-electron chi connectivity index (χ3n) is 3.27. The Bertz CT molecular complexity index is 909. The van der Waals surface area contributed by atoms with Crippen LogP contribution in [0, 0.1) is 12.7 Å². The number of hydrogen-bond acceptors (Lipinski definition) is 3. The van der Waals surface area contributed by atoms with Crippen LogP contribution >= 0.6 is 34.5 Å². The normalized spacial score (nSPS) is 10.7. The fourth-order valence-corrected chi connectivity index (χ4v) is 3.35. The number of thiazole rings is 1. The zero-order chi connectivity index (χ0) is 17.3. The molecule has 7 heteroatoms. The predicted octanol–water partition coefficient (Wildman–Crippen LogP) is 5.82. The first-order valence-corrected chi connectivity index (χ1v) is 8.51. The quantitative estimate of drug-likeness (QED) is 0.622. The molecule has 3 rings (SSSR count). The molecule has 122 valence electrons. The van der Waals surface area contributed by atoms with Crippen molar-refractivity contribution in [1.82, 2.24) is 4.98 Å². The zero-order valence-corrected chi connectivity index (χ0v) is 14.8. The van der Waals surface area contributed by atoms with Gasteiger partial charge in [0.1, 0.15) is 15.7 Å². The highest BCUT2D eigenvalue weighted by Gasteiger charge is 2.17. The molecule has 3 nitrogen and oxygen atoms in total. The molecule has 1 N–H and O–H groups in total. The molecule has 0 aliphatic heterocycles. The molecule has 1 amide bonds. The van der Waals surface area contributed by atoms with E-state index in [4.69, 9.17) is 23.2 Å². The Labute approximate surface area is 152 Å². The second-order valence-electron chi connectivity index (χ2n) is 5.02. The zero-order valence-electron chi connectivity index (χ0n) is 12.4. The van der Waals surface area contributed by atoms with Crippen LogP contribution in [0.5, 0.6) is 0 Å². The van der Waals surface area contributed by atoms with Crippen molar-refractivity contribution in [3.63, 3.8) is 0 Å². The average molecular weight is 381 g/mol. The minimum absolute atomic E-state index is 0.281. The van der Waals surface area contributed by atoms with Crippen LogP contribution in [-0.4, -0.2) is 10.9 Å². The van der Waals surface area contributed by atoms with Crippen LogP contribution in [0.25, 0.3) is 10.6 Å². The number of rotatable bonds is 3. The molecule has 0 atom stereocenters. The summed E-state index contributed by atoms with van der Waals surface area (Å²) < 4.78 is 13.0. The van der Waals surface area contributed by atoms with Crippen LogP contribution in [-0.2, 0) is 0 Å². The first kappa shape index (κ1) is 16.9. The van der Waals surface area contributed by atoms with Gasteiger partial charge in [-0.05, 0) is 49.4 Å². The first-order valence-electron chi connectivity index (χ1n) is 6.94. The molecule has 1 heterocycles. The third kappa shape index (κ3) is 3.59. The summed E-state index contributed by atoms with van der Waals surface area (Å²) in [4.78, 5) is 17.3. The fraction of sp³-hybridized carbons (Fsp3) is 0.0588. The van der Waals surface area contributed by atoms with Gasteiger partial charge in [0.25, 0.3) is 5.91 Å². The number of carbonyl (C=O) groups excluding carboxylic acids is 1. The highest BCUT2D eigenvalue weighted by Crippen LogP contribution is 2.30. The Morgan fingerprint density at radius 3 is 2.50 bits per heavy atom. The van der Waals surface area contributed by atoms with E-state index in [2.05, 4.69) is 10.3 Å². The molecule has 0 saturated heterocycles. The van der Waals surface area contributed by atoms with Crippen molar-refractivity contribution >= 4 is 46.1 Å². The number of carbonyl (C=O) groups is 1. The minimum atomic E-state index is -0.315. The minimum Gasteiger partial charge on any atom is -0.321 e. The number of hydrogen-bond donors (Lipinski definition) is 1. The van der Waals surface area contributed by atoms with E-state index >= 15 is 0 Å². The largest absolute Gasteiger partial charge is 0.321 e. The van der Waals surface area contributed by atoms with Crippen molar-refractivity contribution in [3.8, 4) is 10.6 Å². The molecule has 24 heavy (non-hydrogen) atoms. The predicted molar refractivity (Wildman–Crippen MR) is 96.7 cm³/mol. The molecule has 1 aromatic heterocycles. The van der Waals surface area contributed by atoms with Gasteiger partial charge < -0.3 is 5.32 Å². The molecule has 0 bridgehead atoms. The van der Waals surface area contributed by atoms with Crippen molar-refractivity contribution in [2.75, 3.05) is 5.32 Å². The second-order valence-corrected chi connectivity index (χ2v) is 6.84. The molecule has 2 aromatic carbocycles. The molecule has 0 fully saturated rings. The van der Waals surface area contributed by atoms with Gasteiger partial charge in [0.15, 0.2) is 0 Å². The number of anilines is 1. The fourth-order valence-electron chi connectivity index (χ4n) is 2.08. The standard InChI is InChI=1S/C17H11Cl2FN2OS/c1-9-15(16(23)22-12-6-7-13(18)14(19)8-12)24-17(21-9)10-2-4-11(20)5-3-10/h2-8H,1H3,(H,22,23). The van der Waals surface area contributed by atoms with Crippen LogP contribution in [0.1, 0.15) is 15.4 Å². The first-order chi connectivity index (χ1) is 11.4. The number of amides is 1. The lowest BCUT2D eigenvalue weighted by atomic mass is 10.2. The van der Waals surface area contributed by atoms with Gasteiger partial charge in [0, 0.05) is 11.3 Å². The lowest BCUT2D eigenvalue weighted by molar-refractivity contribution is 0.103. The van der Waals surface area contributed by atoms with Gasteiger partial charge in [-0.15, -0.1) is 11.3 Å². The van der Waals surface area contributed by atoms with Gasteiger partial charge in [0.05, 0.1) is 15.7 Å². The van der Waals surface area contributed by atoms with Crippen molar-refractivity contribution < 1.29 is 9.18 Å². The number of benzene rings is 2. The van der Waals surface area contributed by atoms with Gasteiger partial charge in [-0.1, -0.05) is 23.2 Å². The maximum absolute atomic E-state index is 13.0. The van der Waals surface area contributed by atoms with E-state index in [-0.39, 0.29) is 11.7 Å². The van der Waals surface area contributed by atoms with E-state index in [1.54, 1.807) is 37.3 Å². The van der Waals surface area contributed by atoms with Crippen LogP contribution in [0.2, 0.25) is 10.0 Å². The number of aryl methyl sites for hydroxylation is 1. The molecular formula is C17H11Cl2FN2OS. The molecule has 0 aliphatic rings. The van der Waals surface area contributed by atoms with Crippen molar-refractivity contribution in [3.05, 3.63) is 68.9 Å². The van der Waals surface area contributed by atoms with E-state index < -0.39 is 0 Å². The summed E-state index contributed by atoms with van der Waals surface area (Å²) in [5.74, 6) is -0.596. The van der Waals surface area contributed by atoms with Crippen LogP contribution < -0.4 is 5.32 Å². The molecule has 0 radical (unpaired) electrons. The maximum atomic E-state index is 13.0. The average Bonchev–Trinajstić information content (AvgIpc) is 2.93. The molecular weight excluding hydrogens is 370 g/mol. The van der Waals surface area contributed by atoms with Crippen molar-refractivity contribution in [2.45, 2.75) is 6.92 Å². The third-order valence-corrected chi connectivity index (χ3v) is 5.22. The number of aromatic nitrogens is 1. The molecule has 0 spiro atoms. The Morgan fingerprint density at radius 2 is 1.83 bits per heavy atom. The molecule has 3 aromatic rings. The van der Waals surface area contributed by atoms with Gasteiger partial charge in [-0.2, -0.15) is 0 Å². The molecule has 0 saturated carbocycles. The van der Waals surface area contributed by atoms with Crippen LogP contribution in [0.4, 0.5) is 10.1 Å². The van der Waals surface area contributed by atoms with E-state index in [9.17, 15) is 9.18 Å². The number of nitrogens with one attached hydrogen (secondary N) is 1.